The molecule has 1 aromatic carbocycles. The Hall–Kier alpha value is -4.51. The molecule has 1 saturated heterocycles. The number of furan rings is 1. The molecule has 0 radical (unpaired) electrons. The first-order chi connectivity index (χ1) is 18.3. The Bertz CT molecular complexity index is 1440. The largest absolute Gasteiger partial charge is 0.458 e. The van der Waals surface area contributed by atoms with Crippen LogP contribution in [0.5, 0.6) is 5.75 Å². The van der Waals surface area contributed by atoms with E-state index in [1.54, 1.807) is 33.8 Å². The average molecular weight is 516 g/mol. The Morgan fingerprint density at radius 3 is 2.39 bits per heavy atom. The van der Waals surface area contributed by atoms with Gasteiger partial charge in [0, 0.05) is 37.9 Å². The summed E-state index contributed by atoms with van der Waals surface area (Å²) in [7, 11) is 0. The van der Waals surface area contributed by atoms with E-state index < -0.39 is 6.09 Å². The number of anilines is 1. The minimum atomic E-state index is -0.390. The second kappa shape index (κ2) is 10.9. The molecule has 11 heteroatoms. The Morgan fingerprint density at radius 2 is 1.74 bits per heavy atom. The molecule has 196 valence electrons. The van der Waals surface area contributed by atoms with Crippen molar-refractivity contribution in [2.45, 2.75) is 20.8 Å². The molecule has 0 spiro atoms. The number of carbonyl (C=O) groups is 2. The summed E-state index contributed by atoms with van der Waals surface area (Å²) >= 11 is 0. The number of rotatable bonds is 6. The first kappa shape index (κ1) is 25.2. The Balaban J connectivity index is 1.24. The van der Waals surface area contributed by atoms with Crippen molar-refractivity contribution in [1.29, 1.82) is 0 Å². The second-order valence-corrected chi connectivity index (χ2v) is 9.18. The van der Waals surface area contributed by atoms with E-state index in [0.29, 0.717) is 55.1 Å². The summed E-state index contributed by atoms with van der Waals surface area (Å²) in [6, 6.07) is 16.2. The van der Waals surface area contributed by atoms with Crippen molar-refractivity contribution in [1.82, 2.24) is 29.5 Å². The molecule has 0 atom stereocenters. The second-order valence-electron chi connectivity index (χ2n) is 9.18. The zero-order chi connectivity index (χ0) is 26.6. The van der Waals surface area contributed by atoms with E-state index >= 15 is 0 Å². The lowest BCUT2D eigenvalue weighted by Gasteiger charge is -2.33. The Morgan fingerprint density at radius 1 is 0.974 bits per heavy atom. The predicted octanol–water partition coefficient (Wildman–Crippen LogP) is 3.60. The molecule has 0 unspecified atom stereocenters. The van der Waals surface area contributed by atoms with Gasteiger partial charge >= 0.3 is 6.09 Å². The van der Waals surface area contributed by atoms with Gasteiger partial charge in [0.2, 0.25) is 5.91 Å². The van der Waals surface area contributed by atoms with Gasteiger partial charge in [-0.2, -0.15) is 5.10 Å². The molecule has 38 heavy (non-hydrogen) atoms. The normalized spacial score (nSPS) is 13.9. The summed E-state index contributed by atoms with van der Waals surface area (Å²) in [6.45, 7) is 7.89. The van der Waals surface area contributed by atoms with Gasteiger partial charge in [0.25, 0.3) is 0 Å². The van der Waals surface area contributed by atoms with E-state index in [2.05, 4.69) is 20.4 Å². The van der Waals surface area contributed by atoms with Gasteiger partial charge in [-0.15, -0.1) is 0 Å². The highest BCUT2D eigenvalue weighted by Crippen LogP contribution is 2.23. The van der Waals surface area contributed by atoms with E-state index in [1.807, 2.05) is 56.0 Å². The molecule has 2 amide bonds. The van der Waals surface area contributed by atoms with Crippen LogP contribution < -0.4 is 10.1 Å². The van der Waals surface area contributed by atoms with E-state index in [1.165, 1.54) is 0 Å². The third-order valence-electron chi connectivity index (χ3n) is 6.11. The van der Waals surface area contributed by atoms with Crippen LogP contribution in [0, 0.1) is 20.8 Å². The molecule has 0 aliphatic carbocycles. The topological polar surface area (TPSA) is 119 Å². The number of hydrogen-bond donors (Lipinski definition) is 1. The van der Waals surface area contributed by atoms with Gasteiger partial charge in [0.1, 0.15) is 17.3 Å². The van der Waals surface area contributed by atoms with Gasteiger partial charge in [-0.25, -0.2) is 19.4 Å². The number of nitrogens with zero attached hydrogens (tertiary/aromatic N) is 6. The maximum atomic E-state index is 12.9. The number of benzene rings is 1. The third-order valence-corrected chi connectivity index (χ3v) is 6.11. The number of para-hydroxylation sites is 1. The van der Waals surface area contributed by atoms with E-state index in [-0.39, 0.29) is 12.5 Å². The fourth-order valence-corrected chi connectivity index (χ4v) is 4.26. The van der Waals surface area contributed by atoms with E-state index in [4.69, 9.17) is 9.15 Å². The number of carbonyl (C=O) groups excluding carboxylic acids is 2. The van der Waals surface area contributed by atoms with E-state index in [0.717, 1.165) is 17.1 Å². The number of hydrogen-bond acceptors (Lipinski definition) is 8. The first-order valence-electron chi connectivity index (χ1n) is 12.4. The molecule has 4 heterocycles. The van der Waals surface area contributed by atoms with Crippen LogP contribution in [0.25, 0.3) is 17.4 Å². The zero-order valence-corrected chi connectivity index (χ0v) is 21.5. The number of amides is 2. The highest BCUT2D eigenvalue weighted by molar-refractivity contribution is 5.91. The highest BCUT2D eigenvalue weighted by atomic mass is 16.6. The molecule has 4 aromatic rings. The molecule has 0 bridgehead atoms. The molecule has 1 fully saturated rings. The van der Waals surface area contributed by atoms with Crippen LogP contribution >= 0.6 is 0 Å². The van der Waals surface area contributed by atoms with Gasteiger partial charge < -0.3 is 19.4 Å². The van der Waals surface area contributed by atoms with Crippen LogP contribution in [0.15, 0.2) is 59.0 Å². The molecule has 1 aliphatic rings. The lowest BCUT2D eigenvalue weighted by molar-refractivity contribution is -0.117. The maximum Gasteiger partial charge on any atom is 0.415 e. The van der Waals surface area contributed by atoms with Crippen LogP contribution in [0.2, 0.25) is 0 Å². The van der Waals surface area contributed by atoms with Gasteiger partial charge in [-0.05, 0) is 51.1 Å². The number of nitrogens with one attached hydrogen (secondary N) is 1. The minimum Gasteiger partial charge on any atom is -0.458 e. The maximum absolute atomic E-state index is 12.9. The minimum absolute atomic E-state index is 0.163. The van der Waals surface area contributed by atoms with Crippen molar-refractivity contribution in [3.8, 4) is 23.2 Å². The van der Waals surface area contributed by atoms with Crippen molar-refractivity contribution in [2.75, 3.05) is 38.0 Å². The molecule has 11 nitrogen and oxygen atoms in total. The van der Waals surface area contributed by atoms with Crippen molar-refractivity contribution < 1.29 is 18.7 Å². The number of aryl methyl sites for hydroxylation is 3. The smallest absolute Gasteiger partial charge is 0.415 e. The number of aromatic nitrogens is 4. The Kier molecular flexibility index (Phi) is 7.18. The predicted molar refractivity (Wildman–Crippen MR) is 140 cm³/mol. The summed E-state index contributed by atoms with van der Waals surface area (Å²) < 4.78 is 12.9. The number of piperazine rings is 1. The molecule has 1 aliphatic heterocycles. The third kappa shape index (κ3) is 5.89. The molecule has 3 aromatic heterocycles. The fourth-order valence-electron chi connectivity index (χ4n) is 4.26. The fraction of sp³-hybridized carbons (Fsp3) is 0.296. The average Bonchev–Trinajstić information content (AvgIpc) is 3.49. The highest BCUT2D eigenvalue weighted by Gasteiger charge is 2.24. The summed E-state index contributed by atoms with van der Waals surface area (Å²) in [5, 5.41) is 7.40. The van der Waals surface area contributed by atoms with Crippen molar-refractivity contribution in [2.24, 2.45) is 0 Å². The molecule has 5 rings (SSSR count). The van der Waals surface area contributed by atoms with Crippen molar-refractivity contribution in [3.05, 3.63) is 71.7 Å². The Labute approximate surface area is 220 Å². The van der Waals surface area contributed by atoms with Gasteiger partial charge in [-0.1, -0.05) is 18.2 Å². The quantitative estimate of drug-likeness (QED) is 0.414. The SMILES string of the molecule is Cc1cc(C)n(-c2cc(NC(=O)CN3CCN(C(=O)Oc4ccccc4)CC3)nc(-c3ccc(C)o3)n2)n1. The van der Waals surface area contributed by atoms with Crippen LogP contribution in [0.1, 0.15) is 17.1 Å². The van der Waals surface area contributed by atoms with E-state index in [9.17, 15) is 9.59 Å². The van der Waals surface area contributed by atoms with Crippen LogP contribution in [0.3, 0.4) is 0 Å². The lowest BCUT2D eigenvalue weighted by atomic mass is 10.3. The summed E-state index contributed by atoms with van der Waals surface area (Å²) in [5.41, 5.74) is 1.76. The zero-order valence-electron chi connectivity index (χ0n) is 21.5. The summed E-state index contributed by atoms with van der Waals surface area (Å²) in [5.74, 6) is 2.75. The molecule has 0 saturated carbocycles. The van der Waals surface area contributed by atoms with Gasteiger partial charge in [0.15, 0.2) is 17.4 Å². The summed E-state index contributed by atoms with van der Waals surface area (Å²) in [6.07, 6.45) is -0.390. The van der Waals surface area contributed by atoms with Crippen molar-refractivity contribution in [3.63, 3.8) is 0 Å². The summed E-state index contributed by atoms with van der Waals surface area (Å²) in [4.78, 5) is 38.2. The van der Waals surface area contributed by atoms with Crippen molar-refractivity contribution >= 4 is 17.8 Å². The van der Waals surface area contributed by atoms with Crippen LogP contribution in [-0.2, 0) is 4.79 Å². The monoisotopic (exact) mass is 515 g/mol. The van der Waals surface area contributed by atoms with Crippen LogP contribution in [0.4, 0.5) is 10.6 Å². The molecular formula is C27H29N7O4. The molecule has 1 N–H and O–H groups in total. The van der Waals surface area contributed by atoms with Crippen LogP contribution in [-0.4, -0.2) is 74.3 Å². The van der Waals surface area contributed by atoms with Gasteiger partial charge in [0.05, 0.1) is 12.2 Å². The number of ether oxygens (including phenoxy) is 1. The molecular weight excluding hydrogens is 486 g/mol. The van der Waals surface area contributed by atoms with Gasteiger partial charge in [-0.3, -0.25) is 9.69 Å². The first-order valence-corrected chi connectivity index (χ1v) is 12.4. The standard InChI is InChI=1S/C27H29N7O4/c1-18-15-19(2)34(31-18)24-16-23(29-26(30-24)22-10-9-20(3)37-22)28-25(35)17-32-11-13-33(14-12-32)27(36)38-21-7-5-4-6-8-21/h4-10,15-16H,11-14,17H2,1-3H3,(H,28,29,30,35). The lowest BCUT2D eigenvalue weighted by Crippen LogP contribution is -2.51.